The summed E-state index contributed by atoms with van der Waals surface area (Å²) in [6, 6.07) is 0. The van der Waals surface area contributed by atoms with Crippen molar-refractivity contribution in [3.63, 3.8) is 0 Å². The topological polar surface area (TPSA) is 46.0 Å². The smallest absolute Gasteiger partial charge is 0.0967 e. The Hall–Kier alpha value is -0.650. The van der Waals surface area contributed by atoms with Gasteiger partial charge < -0.3 is 5.32 Å². The highest BCUT2D eigenvalue weighted by molar-refractivity contribution is 5.85. The van der Waals surface area contributed by atoms with Crippen LogP contribution in [0.15, 0.2) is 6.20 Å². The standard InChI is InChI=1S/C12H23N5.ClH/c1-12(2,3)17-10-11(14-15-17)9-16-7-4-5-13-6-8-16;/h10,13H,4-9H2,1-3H3;1H. The van der Waals surface area contributed by atoms with Crippen LogP contribution in [0.1, 0.15) is 32.9 Å². The van der Waals surface area contributed by atoms with Crippen molar-refractivity contribution in [3.05, 3.63) is 11.9 Å². The molecule has 0 saturated carbocycles. The largest absolute Gasteiger partial charge is 0.315 e. The molecule has 2 heterocycles. The zero-order valence-corrected chi connectivity index (χ0v) is 12.3. The van der Waals surface area contributed by atoms with Crippen molar-refractivity contribution in [1.29, 1.82) is 0 Å². The minimum absolute atomic E-state index is 0. The summed E-state index contributed by atoms with van der Waals surface area (Å²) in [5.74, 6) is 0. The van der Waals surface area contributed by atoms with Crippen molar-refractivity contribution in [2.45, 2.75) is 39.3 Å². The Bertz CT molecular complexity index is 350. The lowest BCUT2D eigenvalue weighted by Crippen LogP contribution is -2.27. The molecule has 1 fully saturated rings. The van der Waals surface area contributed by atoms with E-state index in [0.29, 0.717) is 0 Å². The molecular weight excluding hydrogens is 250 g/mol. The van der Waals surface area contributed by atoms with Crippen LogP contribution in [-0.2, 0) is 12.1 Å². The van der Waals surface area contributed by atoms with Crippen molar-refractivity contribution in [2.75, 3.05) is 26.2 Å². The third-order valence-corrected chi connectivity index (χ3v) is 3.05. The van der Waals surface area contributed by atoms with Gasteiger partial charge in [0.25, 0.3) is 0 Å². The molecule has 5 nitrogen and oxygen atoms in total. The van der Waals surface area contributed by atoms with Gasteiger partial charge in [0, 0.05) is 19.6 Å². The second kappa shape index (κ2) is 6.50. The molecule has 1 aliphatic rings. The molecule has 0 aliphatic carbocycles. The molecule has 0 atom stereocenters. The molecule has 0 spiro atoms. The van der Waals surface area contributed by atoms with E-state index in [1.165, 1.54) is 6.42 Å². The van der Waals surface area contributed by atoms with Crippen LogP contribution in [0.4, 0.5) is 0 Å². The predicted molar refractivity (Wildman–Crippen MR) is 75.0 cm³/mol. The average molecular weight is 274 g/mol. The van der Waals surface area contributed by atoms with E-state index in [-0.39, 0.29) is 17.9 Å². The molecule has 1 saturated heterocycles. The fourth-order valence-electron chi connectivity index (χ4n) is 1.99. The van der Waals surface area contributed by atoms with Crippen LogP contribution in [0, 0.1) is 0 Å². The maximum atomic E-state index is 4.26. The first kappa shape index (κ1) is 15.4. The van der Waals surface area contributed by atoms with Gasteiger partial charge >= 0.3 is 0 Å². The molecule has 1 aromatic rings. The molecular formula is C12H24ClN5. The second-order valence-corrected chi connectivity index (χ2v) is 5.70. The van der Waals surface area contributed by atoms with Gasteiger partial charge in [0.05, 0.1) is 17.4 Å². The molecule has 0 amide bonds. The highest BCUT2D eigenvalue weighted by Gasteiger charge is 2.16. The lowest BCUT2D eigenvalue weighted by molar-refractivity contribution is 0.281. The molecule has 0 radical (unpaired) electrons. The third kappa shape index (κ3) is 4.23. The van der Waals surface area contributed by atoms with Crippen molar-refractivity contribution >= 4 is 12.4 Å². The van der Waals surface area contributed by atoms with Gasteiger partial charge in [-0.25, -0.2) is 4.68 Å². The van der Waals surface area contributed by atoms with Gasteiger partial charge in [-0.2, -0.15) is 0 Å². The molecule has 2 rings (SSSR count). The minimum atomic E-state index is 0. The van der Waals surface area contributed by atoms with Crippen LogP contribution in [-0.4, -0.2) is 46.1 Å². The summed E-state index contributed by atoms with van der Waals surface area (Å²) in [4.78, 5) is 2.44. The zero-order chi connectivity index (χ0) is 12.3. The Balaban J connectivity index is 0.00000162. The lowest BCUT2D eigenvalue weighted by atomic mass is 10.1. The fourth-order valence-corrected chi connectivity index (χ4v) is 1.99. The summed E-state index contributed by atoms with van der Waals surface area (Å²) < 4.78 is 1.94. The van der Waals surface area contributed by atoms with Crippen LogP contribution in [0.25, 0.3) is 0 Å². The Kier molecular flexibility index (Phi) is 5.56. The first-order valence-electron chi connectivity index (χ1n) is 6.40. The van der Waals surface area contributed by atoms with Crippen LogP contribution in [0.2, 0.25) is 0 Å². The van der Waals surface area contributed by atoms with Gasteiger partial charge in [-0.1, -0.05) is 5.21 Å². The summed E-state index contributed by atoms with van der Waals surface area (Å²) >= 11 is 0. The van der Waals surface area contributed by atoms with Crippen LogP contribution in [0.5, 0.6) is 0 Å². The highest BCUT2D eigenvalue weighted by atomic mass is 35.5. The molecule has 1 aliphatic heterocycles. The highest BCUT2D eigenvalue weighted by Crippen LogP contribution is 2.12. The normalized spacial score (nSPS) is 18.2. The number of nitrogens with zero attached hydrogens (tertiary/aromatic N) is 4. The van der Waals surface area contributed by atoms with E-state index >= 15 is 0 Å². The maximum Gasteiger partial charge on any atom is 0.0967 e. The second-order valence-electron chi connectivity index (χ2n) is 5.70. The predicted octanol–water partition coefficient (Wildman–Crippen LogP) is 1.25. The first-order valence-corrected chi connectivity index (χ1v) is 6.40. The monoisotopic (exact) mass is 273 g/mol. The number of hydrogen-bond donors (Lipinski definition) is 1. The molecule has 0 aromatic carbocycles. The summed E-state index contributed by atoms with van der Waals surface area (Å²) in [7, 11) is 0. The molecule has 104 valence electrons. The third-order valence-electron chi connectivity index (χ3n) is 3.05. The number of halogens is 1. The molecule has 0 unspecified atom stereocenters. The number of aromatic nitrogens is 3. The van der Waals surface area contributed by atoms with Gasteiger partial charge in [0.15, 0.2) is 0 Å². The van der Waals surface area contributed by atoms with Crippen LogP contribution < -0.4 is 5.32 Å². The summed E-state index contributed by atoms with van der Waals surface area (Å²) in [5, 5.41) is 11.9. The summed E-state index contributed by atoms with van der Waals surface area (Å²) in [6.45, 7) is 11.8. The van der Waals surface area contributed by atoms with Gasteiger partial charge in [-0.15, -0.1) is 17.5 Å². The molecule has 6 heteroatoms. The van der Waals surface area contributed by atoms with E-state index in [2.05, 4.69) is 47.5 Å². The quantitative estimate of drug-likeness (QED) is 0.881. The zero-order valence-electron chi connectivity index (χ0n) is 11.5. The molecule has 1 N–H and O–H groups in total. The number of hydrogen-bond acceptors (Lipinski definition) is 4. The van der Waals surface area contributed by atoms with Gasteiger partial charge in [-0.05, 0) is 40.3 Å². The lowest BCUT2D eigenvalue weighted by Gasteiger charge is -2.18. The van der Waals surface area contributed by atoms with E-state index in [1.54, 1.807) is 0 Å². The maximum absolute atomic E-state index is 4.26. The average Bonchev–Trinajstić information content (AvgIpc) is 2.56. The van der Waals surface area contributed by atoms with Gasteiger partial charge in [0.1, 0.15) is 0 Å². The fraction of sp³-hybridized carbons (Fsp3) is 0.833. The Morgan fingerprint density at radius 1 is 1.28 bits per heavy atom. The number of nitrogens with one attached hydrogen (secondary N) is 1. The van der Waals surface area contributed by atoms with Gasteiger partial charge in [0.2, 0.25) is 0 Å². The SMILES string of the molecule is CC(C)(C)n1cc(CN2CCCNCC2)nn1.Cl. The van der Waals surface area contributed by atoms with Crippen LogP contribution >= 0.6 is 12.4 Å². The van der Waals surface area contributed by atoms with Crippen molar-refractivity contribution < 1.29 is 0 Å². The summed E-state index contributed by atoms with van der Waals surface area (Å²) in [5.41, 5.74) is 1.09. The first-order chi connectivity index (χ1) is 8.05. The van der Waals surface area contributed by atoms with E-state index in [9.17, 15) is 0 Å². The van der Waals surface area contributed by atoms with E-state index in [1.807, 2.05) is 4.68 Å². The molecule has 18 heavy (non-hydrogen) atoms. The Morgan fingerprint density at radius 2 is 2.06 bits per heavy atom. The van der Waals surface area contributed by atoms with E-state index < -0.39 is 0 Å². The summed E-state index contributed by atoms with van der Waals surface area (Å²) in [6.07, 6.45) is 3.28. The van der Waals surface area contributed by atoms with E-state index in [0.717, 1.165) is 38.4 Å². The van der Waals surface area contributed by atoms with Crippen molar-refractivity contribution in [1.82, 2.24) is 25.2 Å². The number of rotatable bonds is 2. The van der Waals surface area contributed by atoms with E-state index in [4.69, 9.17) is 0 Å². The molecule has 0 bridgehead atoms. The van der Waals surface area contributed by atoms with Gasteiger partial charge in [-0.3, -0.25) is 4.90 Å². The van der Waals surface area contributed by atoms with Crippen molar-refractivity contribution in [3.8, 4) is 0 Å². The minimum Gasteiger partial charge on any atom is -0.315 e. The Labute approximate surface area is 115 Å². The Morgan fingerprint density at radius 3 is 2.72 bits per heavy atom. The van der Waals surface area contributed by atoms with Crippen LogP contribution in [0.3, 0.4) is 0 Å². The van der Waals surface area contributed by atoms with Crippen molar-refractivity contribution in [2.24, 2.45) is 0 Å². The molecule has 1 aromatic heterocycles.